The number of rotatable bonds is 7. The van der Waals surface area contributed by atoms with E-state index in [0.717, 1.165) is 24.3 Å². The van der Waals surface area contributed by atoms with Crippen molar-refractivity contribution in [2.45, 2.75) is 45.8 Å². The summed E-state index contributed by atoms with van der Waals surface area (Å²) in [6, 6.07) is 10.3. The summed E-state index contributed by atoms with van der Waals surface area (Å²) in [7, 11) is 0. The van der Waals surface area contributed by atoms with Gasteiger partial charge in [0.2, 0.25) is 0 Å². The maximum atomic E-state index is 8.97. The normalized spacial score (nSPS) is 13.7. The lowest BCUT2D eigenvalue weighted by atomic mass is 10.1. The Hall–Kier alpha value is -1.53. The van der Waals surface area contributed by atoms with Gasteiger partial charge in [-0.3, -0.25) is 0 Å². The quantitative estimate of drug-likeness (QED) is 0.801. The molecule has 2 unspecified atom stereocenters. The van der Waals surface area contributed by atoms with Crippen LogP contribution in [0.2, 0.25) is 0 Å². The van der Waals surface area contributed by atoms with E-state index in [9.17, 15) is 0 Å². The Bertz CT molecular complexity index is 398. The van der Waals surface area contributed by atoms with Gasteiger partial charge in [0.15, 0.2) is 6.10 Å². The minimum absolute atomic E-state index is 0.234. The Morgan fingerprint density at radius 3 is 2.67 bits per heavy atom. The summed E-state index contributed by atoms with van der Waals surface area (Å²) in [6.07, 6.45) is 1.43. The fourth-order valence-electron chi connectivity index (χ4n) is 1.77. The van der Waals surface area contributed by atoms with Crippen LogP contribution >= 0.6 is 0 Å². The van der Waals surface area contributed by atoms with E-state index >= 15 is 0 Å². The van der Waals surface area contributed by atoms with E-state index in [1.807, 2.05) is 31.2 Å². The van der Waals surface area contributed by atoms with E-state index in [4.69, 9.17) is 10.00 Å². The van der Waals surface area contributed by atoms with E-state index in [1.165, 1.54) is 0 Å². The van der Waals surface area contributed by atoms with Crippen LogP contribution in [-0.4, -0.2) is 12.6 Å². The second kappa shape index (κ2) is 7.73. The molecule has 0 aromatic heterocycles. The molecule has 98 valence electrons. The van der Waals surface area contributed by atoms with E-state index in [0.29, 0.717) is 6.42 Å². The first-order chi connectivity index (χ1) is 8.72. The zero-order chi connectivity index (χ0) is 13.4. The zero-order valence-electron chi connectivity index (χ0n) is 11.4. The third kappa shape index (κ3) is 4.05. The Labute approximate surface area is 110 Å². The van der Waals surface area contributed by atoms with Crippen molar-refractivity contribution in [2.75, 3.05) is 6.54 Å². The molecule has 0 bridgehead atoms. The van der Waals surface area contributed by atoms with Crippen LogP contribution in [0.5, 0.6) is 5.75 Å². The summed E-state index contributed by atoms with van der Waals surface area (Å²) in [5.41, 5.74) is 1.11. The fourth-order valence-corrected chi connectivity index (χ4v) is 1.77. The van der Waals surface area contributed by atoms with Crippen LogP contribution in [0.3, 0.4) is 0 Å². The van der Waals surface area contributed by atoms with Crippen LogP contribution in [0.1, 0.15) is 45.2 Å². The molecule has 0 aliphatic carbocycles. The topological polar surface area (TPSA) is 45.0 Å². The Balaban J connectivity index is 2.82. The summed E-state index contributed by atoms with van der Waals surface area (Å²) in [6.45, 7) is 7.19. The third-order valence-electron chi connectivity index (χ3n) is 2.87. The Morgan fingerprint density at radius 2 is 2.06 bits per heavy atom. The van der Waals surface area contributed by atoms with Gasteiger partial charge >= 0.3 is 0 Å². The third-order valence-corrected chi connectivity index (χ3v) is 2.87. The van der Waals surface area contributed by atoms with Crippen LogP contribution in [0, 0.1) is 11.3 Å². The van der Waals surface area contributed by atoms with E-state index in [-0.39, 0.29) is 12.1 Å². The monoisotopic (exact) mass is 246 g/mol. The average molecular weight is 246 g/mol. The minimum atomic E-state index is -0.371. The second-order valence-electron chi connectivity index (χ2n) is 4.36. The van der Waals surface area contributed by atoms with Crippen LogP contribution < -0.4 is 10.1 Å². The molecule has 0 aliphatic rings. The summed E-state index contributed by atoms with van der Waals surface area (Å²) in [4.78, 5) is 0. The van der Waals surface area contributed by atoms with Gasteiger partial charge in [0.05, 0.1) is 0 Å². The van der Waals surface area contributed by atoms with Crippen molar-refractivity contribution in [3.05, 3.63) is 29.8 Å². The molecule has 0 spiro atoms. The van der Waals surface area contributed by atoms with Crippen molar-refractivity contribution in [1.82, 2.24) is 5.32 Å². The maximum absolute atomic E-state index is 8.97. The molecule has 0 heterocycles. The lowest BCUT2D eigenvalue weighted by Gasteiger charge is -2.19. The molecule has 1 rings (SSSR count). The highest BCUT2D eigenvalue weighted by Crippen LogP contribution is 2.26. The van der Waals surface area contributed by atoms with Gasteiger partial charge in [-0.25, -0.2) is 0 Å². The molecule has 1 aromatic rings. The molecular formula is C15H22N2O. The number of nitrogens with one attached hydrogen (secondary N) is 1. The number of nitrogens with zero attached hydrogens (tertiary/aromatic N) is 1. The molecule has 0 radical (unpaired) electrons. The number of ether oxygens (including phenoxy) is 1. The highest BCUT2D eigenvalue weighted by Gasteiger charge is 2.13. The van der Waals surface area contributed by atoms with Crippen molar-refractivity contribution >= 4 is 0 Å². The fraction of sp³-hybridized carbons (Fsp3) is 0.533. The molecule has 0 saturated carbocycles. The molecule has 0 fully saturated rings. The molecular weight excluding hydrogens is 224 g/mol. The summed E-state index contributed by atoms with van der Waals surface area (Å²) >= 11 is 0. The number of benzene rings is 1. The lowest BCUT2D eigenvalue weighted by Crippen LogP contribution is -2.21. The molecule has 1 aromatic carbocycles. The van der Waals surface area contributed by atoms with Crippen molar-refractivity contribution < 1.29 is 4.74 Å². The summed E-state index contributed by atoms with van der Waals surface area (Å²) in [5.74, 6) is 0.807. The molecule has 2 atom stereocenters. The molecule has 0 aliphatic heterocycles. The first-order valence-corrected chi connectivity index (χ1v) is 6.61. The first kappa shape index (κ1) is 14.5. The van der Waals surface area contributed by atoms with Gasteiger partial charge in [-0.05, 0) is 32.4 Å². The number of hydrogen-bond acceptors (Lipinski definition) is 3. The second-order valence-corrected chi connectivity index (χ2v) is 4.36. The van der Waals surface area contributed by atoms with Crippen LogP contribution in [-0.2, 0) is 0 Å². The predicted octanol–water partition coefficient (Wildman–Crippen LogP) is 3.43. The number of nitriles is 1. The molecule has 3 heteroatoms. The maximum Gasteiger partial charge on any atom is 0.184 e. The predicted molar refractivity (Wildman–Crippen MR) is 73.5 cm³/mol. The summed E-state index contributed by atoms with van der Waals surface area (Å²) < 4.78 is 5.74. The highest BCUT2D eigenvalue weighted by molar-refractivity contribution is 5.36. The zero-order valence-corrected chi connectivity index (χ0v) is 11.4. The van der Waals surface area contributed by atoms with Gasteiger partial charge in [0.1, 0.15) is 11.8 Å². The van der Waals surface area contributed by atoms with Crippen molar-refractivity contribution in [2.24, 2.45) is 0 Å². The molecule has 3 nitrogen and oxygen atoms in total. The number of para-hydroxylation sites is 1. The Kier molecular flexibility index (Phi) is 6.24. The van der Waals surface area contributed by atoms with Crippen LogP contribution in [0.4, 0.5) is 0 Å². The SMILES string of the molecule is CCCNC(C)c1ccccc1OC(C#N)CC. The van der Waals surface area contributed by atoms with Gasteiger partial charge in [-0.15, -0.1) is 0 Å². The van der Waals surface area contributed by atoms with Gasteiger partial charge in [0.25, 0.3) is 0 Å². The smallest absolute Gasteiger partial charge is 0.184 e. The van der Waals surface area contributed by atoms with Crippen molar-refractivity contribution in [3.8, 4) is 11.8 Å². The van der Waals surface area contributed by atoms with Gasteiger partial charge in [-0.2, -0.15) is 5.26 Å². The lowest BCUT2D eigenvalue weighted by molar-refractivity contribution is 0.247. The average Bonchev–Trinajstić information content (AvgIpc) is 2.42. The van der Waals surface area contributed by atoms with Crippen LogP contribution in [0.25, 0.3) is 0 Å². The van der Waals surface area contributed by atoms with Crippen LogP contribution in [0.15, 0.2) is 24.3 Å². The van der Waals surface area contributed by atoms with Crippen molar-refractivity contribution in [3.63, 3.8) is 0 Å². The number of hydrogen-bond donors (Lipinski definition) is 1. The van der Waals surface area contributed by atoms with Gasteiger partial charge < -0.3 is 10.1 Å². The van der Waals surface area contributed by atoms with Crippen molar-refractivity contribution in [1.29, 1.82) is 5.26 Å². The largest absolute Gasteiger partial charge is 0.475 e. The molecule has 0 saturated heterocycles. The highest BCUT2D eigenvalue weighted by atomic mass is 16.5. The Morgan fingerprint density at radius 1 is 1.33 bits per heavy atom. The molecule has 1 N–H and O–H groups in total. The van der Waals surface area contributed by atoms with Gasteiger partial charge in [-0.1, -0.05) is 32.0 Å². The first-order valence-electron chi connectivity index (χ1n) is 6.61. The van der Waals surface area contributed by atoms with E-state index < -0.39 is 0 Å². The summed E-state index contributed by atoms with van der Waals surface area (Å²) in [5, 5.41) is 12.4. The molecule has 18 heavy (non-hydrogen) atoms. The molecule has 0 amide bonds. The van der Waals surface area contributed by atoms with E-state index in [1.54, 1.807) is 0 Å². The minimum Gasteiger partial charge on any atom is -0.475 e. The standard InChI is InChI=1S/C15H22N2O/c1-4-10-17-12(3)14-8-6-7-9-15(14)18-13(5-2)11-16/h6-9,12-13,17H,4-5,10H2,1-3H3. The van der Waals surface area contributed by atoms with E-state index in [2.05, 4.69) is 25.2 Å². The van der Waals surface area contributed by atoms with Gasteiger partial charge in [0, 0.05) is 11.6 Å².